The number of hydrogen-bond acceptors (Lipinski definition) is 4. The van der Waals surface area contributed by atoms with Gasteiger partial charge in [0.2, 0.25) is 0 Å². The third kappa shape index (κ3) is 4.27. The molecule has 1 aliphatic rings. The molecule has 2 aromatic rings. The van der Waals surface area contributed by atoms with Crippen LogP contribution >= 0.6 is 0 Å². The first kappa shape index (κ1) is 18.9. The van der Waals surface area contributed by atoms with Crippen molar-refractivity contribution >= 4 is 11.8 Å². The predicted octanol–water partition coefficient (Wildman–Crippen LogP) is 2.64. The average molecular weight is 367 g/mol. The minimum atomic E-state index is -0.0437. The Morgan fingerprint density at radius 1 is 1.07 bits per heavy atom. The van der Waals surface area contributed by atoms with E-state index >= 15 is 0 Å². The fourth-order valence-electron chi connectivity index (χ4n) is 3.31. The molecular weight excluding hydrogens is 342 g/mol. The molecule has 142 valence electrons. The van der Waals surface area contributed by atoms with E-state index in [4.69, 9.17) is 4.74 Å². The first-order chi connectivity index (χ1) is 13.1. The highest BCUT2D eigenvalue weighted by Crippen LogP contribution is 2.23. The first-order valence-corrected chi connectivity index (χ1v) is 9.29. The van der Waals surface area contributed by atoms with Gasteiger partial charge in [0.25, 0.3) is 11.8 Å². The second-order valence-electron chi connectivity index (χ2n) is 6.57. The van der Waals surface area contributed by atoms with Gasteiger partial charge in [-0.1, -0.05) is 13.0 Å². The van der Waals surface area contributed by atoms with Gasteiger partial charge in [-0.15, -0.1) is 0 Å². The summed E-state index contributed by atoms with van der Waals surface area (Å²) in [5.74, 6) is 0.505. The van der Waals surface area contributed by atoms with Crippen molar-refractivity contribution in [1.82, 2.24) is 14.8 Å². The van der Waals surface area contributed by atoms with Gasteiger partial charge in [0, 0.05) is 38.6 Å². The molecule has 0 radical (unpaired) electrons. The molecule has 2 heterocycles. The van der Waals surface area contributed by atoms with Crippen LogP contribution < -0.4 is 4.74 Å². The molecule has 1 aromatic heterocycles. The van der Waals surface area contributed by atoms with Crippen molar-refractivity contribution in [2.75, 3.05) is 33.3 Å². The highest BCUT2D eigenvalue weighted by molar-refractivity contribution is 5.97. The number of carbonyl (C=O) groups excluding carboxylic acids is 2. The lowest BCUT2D eigenvalue weighted by molar-refractivity contribution is 0.0716. The summed E-state index contributed by atoms with van der Waals surface area (Å²) in [6, 6.07) is 9.26. The summed E-state index contributed by atoms with van der Waals surface area (Å²) >= 11 is 0. The van der Waals surface area contributed by atoms with Crippen LogP contribution in [0.5, 0.6) is 5.75 Å². The Morgan fingerprint density at radius 2 is 1.81 bits per heavy atom. The van der Waals surface area contributed by atoms with E-state index in [1.54, 1.807) is 36.5 Å². The van der Waals surface area contributed by atoms with Crippen molar-refractivity contribution < 1.29 is 14.3 Å². The minimum Gasteiger partial charge on any atom is -0.496 e. The van der Waals surface area contributed by atoms with E-state index in [1.807, 2.05) is 23.1 Å². The molecule has 1 saturated heterocycles. The Morgan fingerprint density at radius 3 is 2.44 bits per heavy atom. The maximum absolute atomic E-state index is 13.1. The highest BCUT2D eigenvalue weighted by Gasteiger charge is 2.25. The van der Waals surface area contributed by atoms with E-state index in [-0.39, 0.29) is 11.8 Å². The molecule has 0 saturated carbocycles. The van der Waals surface area contributed by atoms with Crippen LogP contribution in [0.25, 0.3) is 0 Å². The van der Waals surface area contributed by atoms with Crippen molar-refractivity contribution in [3.8, 4) is 5.75 Å². The van der Waals surface area contributed by atoms with Crippen molar-refractivity contribution in [2.45, 2.75) is 19.8 Å². The third-order valence-corrected chi connectivity index (χ3v) is 4.88. The topological polar surface area (TPSA) is 62.7 Å². The number of ether oxygens (including phenoxy) is 1. The molecule has 1 fully saturated rings. The molecule has 27 heavy (non-hydrogen) atoms. The number of pyridine rings is 1. The number of benzene rings is 1. The maximum Gasteiger partial charge on any atom is 0.257 e. The normalized spacial score (nSPS) is 14.6. The zero-order chi connectivity index (χ0) is 19.2. The summed E-state index contributed by atoms with van der Waals surface area (Å²) in [6.07, 6.45) is 4.83. The SMILES string of the molecule is CCc1ccc(OC)c(C(=O)N2CCCN(C(=O)c3cccnc3)CC2)c1. The molecule has 6 nitrogen and oxygen atoms in total. The van der Waals surface area contributed by atoms with Gasteiger partial charge in [-0.2, -0.15) is 0 Å². The summed E-state index contributed by atoms with van der Waals surface area (Å²) in [7, 11) is 1.58. The molecular formula is C21H25N3O3. The van der Waals surface area contributed by atoms with Crippen molar-refractivity contribution in [2.24, 2.45) is 0 Å². The van der Waals surface area contributed by atoms with Gasteiger partial charge in [0.1, 0.15) is 5.75 Å². The second kappa shape index (κ2) is 8.66. The molecule has 2 amide bonds. The van der Waals surface area contributed by atoms with Crippen LogP contribution in [0.1, 0.15) is 39.6 Å². The van der Waals surface area contributed by atoms with Crippen molar-refractivity contribution in [3.05, 3.63) is 59.4 Å². The van der Waals surface area contributed by atoms with Crippen molar-refractivity contribution in [1.29, 1.82) is 0 Å². The zero-order valence-corrected chi connectivity index (χ0v) is 15.9. The highest BCUT2D eigenvalue weighted by atomic mass is 16.5. The molecule has 1 aromatic carbocycles. The van der Waals surface area contributed by atoms with Gasteiger partial charge < -0.3 is 14.5 Å². The Labute approximate surface area is 159 Å². The molecule has 3 rings (SSSR count). The monoisotopic (exact) mass is 367 g/mol. The summed E-state index contributed by atoms with van der Waals surface area (Å²) in [5.41, 5.74) is 2.26. The lowest BCUT2D eigenvalue weighted by atomic mass is 10.1. The van der Waals surface area contributed by atoms with E-state index in [9.17, 15) is 9.59 Å². The van der Waals surface area contributed by atoms with Crippen LogP contribution in [-0.4, -0.2) is 59.9 Å². The Balaban J connectivity index is 1.73. The molecule has 0 aliphatic carbocycles. The molecule has 6 heteroatoms. The zero-order valence-electron chi connectivity index (χ0n) is 15.9. The Bertz CT molecular complexity index is 808. The van der Waals surface area contributed by atoms with Gasteiger partial charge in [-0.3, -0.25) is 14.6 Å². The van der Waals surface area contributed by atoms with Crippen LogP contribution in [0.2, 0.25) is 0 Å². The van der Waals surface area contributed by atoms with E-state index in [0.717, 1.165) is 18.4 Å². The smallest absolute Gasteiger partial charge is 0.257 e. The quantitative estimate of drug-likeness (QED) is 0.833. The molecule has 1 aliphatic heterocycles. The number of aryl methyl sites for hydroxylation is 1. The molecule has 0 unspecified atom stereocenters. The molecule has 0 spiro atoms. The average Bonchev–Trinajstić information content (AvgIpc) is 2.99. The second-order valence-corrected chi connectivity index (χ2v) is 6.57. The maximum atomic E-state index is 13.1. The van der Waals surface area contributed by atoms with E-state index in [0.29, 0.717) is 43.1 Å². The van der Waals surface area contributed by atoms with E-state index < -0.39 is 0 Å². The third-order valence-electron chi connectivity index (χ3n) is 4.88. The summed E-state index contributed by atoms with van der Waals surface area (Å²) in [5, 5.41) is 0. The van der Waals surface area contributed by atoms with Crippen LogP contribution in [0, 0.1) is 0 Å². The number of aromatic nitrogens is 1. The van der Waals surface area contributed by atoms with Crippen LogP contribution in [0.3, 0.4) is 0 Å². The number of methoxy groups -OCH3 is 1. The number of carbonyl (C=O) groups is 2. The van der Waals surface area contributed by atoms with Gasteiger partial charge in [-0.25, -0.2) is 0 Å². The minimum absolute atomic E-state index is 0.0389. The number of nitrogens with zero attached hydrogens (tertiary/aromatic N) is 3. The largest absolute Gasteiger partial charge is 0.496 e. The van der Waals surface area contributed by atoms with Gasteiger partial charge in [-0.05, 0) is 42.7 Å². The van der Waals surface area contributed by atoms with Gasteiger partial charge in [0.15, 0.2) is 0 Å². The Hall–Kier alpha value is -2.89. The van der Waals surface area contributed by atoms with Crippen LogP contribution in [0.15, 0.2) is 42.7 Å². The first-order valence-electron chi connectivity index (χ1n) is 9.29. The van der Waals surface area contributed by atoms with Gasteiger partial charge in [0.05, 0.1) is 18.2 Å². The number of hydrogen-bond donors (Lipinski definition) is 0. The van der Waals surface area contributed by atoms with Crippen molar-refractivity contribution in [3.63, 3.8) is 0 Å². The molecule has 0 atom stereocenters. The predicted molar refractivity (Wildman–Crippen MR) is 103 cm³/mol. The standard InChI is InChI=1S/C21H25N3O3/c1-3-16-7-8-19(27-2)18(14-16)21(26)24-11-5-10-23(12-13-24)20(25)17-6-4-9-22-15-17/h4,6-9,14-15H,3,5,10-13H2,1-2H3. The fraction of sp³-hybridized carbons (Fsp3) is 0.381. The number of rotatable bonds is 4. The number of amides is 2. The fourth-order valence-corrected chi connectivity index (χ4v) is 3.31. The summed E-state index contributed by atoms with van der Waals surface area (Å²) < 4.78 is 5.39. The lowest BCUT2D eigenvalue weighted by Gasteiger charge is -2.23. The summed E-state index contributed by atoms with van der Waals surface area (Å²) in [6.45, 7) is 4.32. The van der Waals surface area contributed by atoms with E-state index in [2.05, 4.69) is 11.9 Å². The Kier molecular flexibility index (Phi) is 6.06. The summed E-state index contributed by atoms with van der Waals surface area (Å²) in [4.78, 5) is 33.4. The van der Waals surface area contributed by atoms with Crippen LogP contribution in [0.4, 0.5) is 0 Å². The lowest BCUT2D eigenvalue weighted by Crippen LogP contribution is -2.37. The van der Waals surface area contributed by atoms with Crippen LogP contribution in [-0.2, 0) is 6.42 Å². The van der Waals surface area contributed by atoms with E-state index in [1.165, 1.54) is 0 Å². The molecule has 0 N–H and O–H groups in total. The van der Waals surface area contributed by atoms with Gasteiger partial charge >= 0.3 is 0 Å². The molecule has 0 bridgehead atoms.